The van der Waals surface area contributed by atoms with Crippen molar-refractivity contribution >= 4 is 23.4 Å². The lowest BCUT2D eigenvalue weighted by Gasteiger charge is -2.09. The Morgan fingerprint density at radius 1 is 1.25 bits per heavy atom. The molecule has 0 heterocycles. The van der Waals surface area contributed by atoms with E-state index in [1.165, 1.54) is 7.11 Å². The minimum Gasteiger partial charge on any atom is -0.465 e. The molecule has 3 nitrogen and oxygen atoms in total. The van der Waals surface area contributed by atoms with Crippen LogP contribution < -0.4 is 5.73 Å². The van der Waals surface area contributed by atoms with Gasteiger partial charge in [-0.3, -0.25) is 0 Å². The van der Waals surface area contributed by atoms with Crippen LogP contribution in [0.1, 0.15) is 21.5 Å². The Bertz CT molecular complexity index is 626. The van der Waals surface area contributed by atoms with Crippen LogP contribution >= 0.6 is 11.8 Å². The summed E-state index contributed by atoms with van der Waals surface area (Å²) >= 11 is 1.62. The Morgan fingerprint density at radius 2 is 2.00 bits per heavy atom. The monoisotopic (exact) mass is 287 g/mol. The summed E-state index contributed by atoms with van der Waals surface area (Å²) in [5, 5.41) is 0. The first-order valence-corrected chi connectivity index (χ1v) is 7.25. The number of carbonyl (C=O) groups excluding carboxylic acids is 1. The summed E-state index contributed by atoms with van der Waals surface area (Å²) in [5.74, 6) is 0.372. The van der Waals surface area contributed by atoms with E-state index in [1.807, 2.05) is 43.3 Å². The molecule has 0 spiro atoms. The normalized spacial score (nSPS) is 10.3. The maximum atomic E-state index is 11.7. The predicted octanol–water partition coefficient (Wildman–Crippen LogP) is 3.66. The summed E-state index contributed by atoms with van der Waals surface area (Å²) in [6, 6.07) is 13.5. The maximum Gasteiger partial charge on any atom is 0.338 e. The number of thioether (sulfide) groups is 1. The van der Waals surface area contributed by atoms with Crippen molar-refractivity contribution in [1.82, 2.24) is 0 Å². The first kappa shape index (κ1) is 14.5. The molecule has 0 unspecified atom stereocenters. The highest BCUT2D eigenvalue weighted by molar-refractivity contribution is 7.98. The first-order valence-electron chi connectivity index (χ1n) is 6.27. The first-order chi connectivity index (χ1) is 9.61. The second-order valence-corrected chi connectivity index (χ2v) is 5.50. The lowest BCUT2D eigenvalue weighted by Crippen LogP contribution is -2.04. The molecule has 104 valence electrons. The molecular weight excluding hydrogens is 270 g/mol. The molecule has 2 N–H and O–H groups in total. The highest BCUT2D eigenvalue weighted by Crippen LogP contribution is 2.29. The van der Waals surface area contributed by atoms with Gasteiger partial charge in [0.25, 0.3) is 0 Å². The van der Waals surface area contributed by atoms with Gasteiger partial charge in [-0.15, -0.1) is 11.8 Å². The van der Waals surface area contributed by atoms with Crippen LogP contribution in [0.25, 0.3) is 0 Å². The van der Waals surface area contributed by atoms with Gasteiger partial charge in [-0.25, -0.2) is 4.79 Å². The van der Waals surface area contributed by atoms with Gasteiger partial charge in [-0.2, -0.15) is 0 Å². The molecule has 0 aliphatic carbocycles. The van der Waals surface area contributed by atoms with Crippen molar-refractivity contribution in [3.63, 3.8) is 0 Å². The number of rotatable bonds is 4. The zero-order valence-electron chi connectivity index (χ0n) is 11.6. The number of hydrogen-bond donors (Lipinski definition) is 1. The van der Waals surface area contributed by atoms with Crippen LogP contribution in [0.3, 0.4) is 0 Å². The van der Waals surface area contributed by atoms with E-state index in [9.17, 15) is 4.79 Å². The zero-order valence-corrected chi connectivity index (χ0v) is 12.4. The van der Waals surface area contributed by atoms with Gasteiger partial charge in [0.15, 0.2) is 0 Å². The molecule has 0 aliphatic heterocycles. The maximum absolute atomic E-state index is 11.7. The lowest BCUT2D eigenvalue weighted by molar-refractivity contribution is 0.0600. The topological polar surface area (TPSA) is 52.3 Å². The van der Waals surface area contributed by atoms with E-state index in [-0.39, 0.29) is 5.97 Å². The Kier molecular flexibility index (Phi) is 4.69. The second-order valence-electron chi connectivity index (χ2n) is 4.48. The second kappa shape index (κ2) is 6.48. The smallest absolute Gasteiger partial charge is 0.338 e. The van der Waals surface area contributed by atoms with Crippen molar-refractivity contribution in [2.45, 2.75) is 17.6 Å². The van der Waals surface area contributed by atoms with Crippen LogP contribution in [0.2, 0.25) is 0 Å². The van der Waals surface area contributed by atoms with Gasteiger partial charge in [-0.1, -0.05) is 24.3 Å². The number of nitrogen functional groups attached to an aromatic ring is 1. The van der Waals surface area contributed by atoms with Crippen LogP contribution in [-0.2, 0) is 10.5 Å². The molecule has 0 saturated carbocycles. The molecule has 2 aromatic rings. The predicted molar refractivity (Wildman–Crippen MR) is 82.9 cm³/mol. The Balaban J connectivity index is 2.17. The molecule has 2 aromatic carbocycles. The van der Waals surface area contributed by atoms with Crippen molar-refractivity contribution in [2.75, 3.05) is 12.8 Å². The van der Waals surface area contributed by atoms with E-state index in [1.54, 1.807) is 17.8 Å². The number of aryl methyl sites for hydroxylation is 1. The third-order valence-electron chi connectivity index (χ3n) is 2.97. The molecule has 4 heteroatoms. The van der Waals surface area contributed by atoms with Gasteiger partial charge in [0.1, 0.15) is 0 Å². The number of esters is 1. The number of benzene rings is 2. The third kappa shape index (κ3) is 3.33. The van der Waals surface area contributed by atoms with Crippen LogP contribution in [-0.4, -0.2) is 13.1 Å². The van der Waals surface area contributed by atoms with Crippen molar-refractivity contribution in [1.29, 1.82) is 0 Å². The van der Waals surface area contributed by atoms with E-state index in [0.29, 0.717) is 11.3 Å². The molecule has 0 aliphatic rings. The van der Waals surface area contributed by atoms with E-state index in [4.69, 9.17) is 10.5 Å². The zero-order chi connectivity index (χ0) is 14.5. The van der Waals surface area contributed by atoms with E-state index < -0.39 is 0 Å². The highest BCUT2D eigenvalue weighted by atomic mass is 32.2. The van der Waals surface area contributed by atoms with Crippen LogP contribution in [0.5, 0.6) is 0 Å². The summed E-state index contributed by atoms with van der Waals surface area (Å²) in [6.07, 6.45) is 0. The minimum absolute atomic E-state index is 0.307. The quantitative estimate of drug-likeness (QED) is 0.530. The van der Waals surface area contributed by atoms with E-state index in [0.717, 1.165) is 21.7 Å². The fourth-order valence-corrected chi connectivity index (χ4v) is 2.86. The molecule has 0 aromatic heterocycles. The molecule has 0 radical (unpaired) electrons. The van der Waals surface area contributed by atoms with E-state index in [2.05, 4.69) is 0 Å². The SMILES string of the molecule is COC(=O)c1ccccc1CSc1ccc(C)cc1N. The number of anilines is 1. The Labute approximate surface area is 123 Å². The largest absolute Gasteiger partial charge is 0.465 e. The molecular formula is C16H17NO2S. The molecule has 0 atom stereocenters. The molecule has 0 amide bonds. The summed E-state index contributed by atoms with van der Waals surface area (Å²) in [4.78, 5) is 12.7. The van der Waals surface area contributed by atoms with Gasteiger partial charge >= 0.3 is 5.97 Å². The fraction of sp³-hybridized carbons (Fsp3) is 0.188. The average Bonchev–Trinajstić information content (AvgIpc) is 2.46. The van der Waals surface area contributed by atoms with Crippen LogP contribution in [0, 0.1) is 6.92 Å². The number of carbonyl (C=O) groups is 1. The third-order valence-corrected chi connectivity index (χ3v) is 4.11. The molecule has 20 heavy (non-hydrogen) atoms. The van der Waals surface area contributed by atoms with Gasteiger partial charge < -0.3 is 10.5 Å². The molecule has 0 saturated heterocycles. The molecule has 2 rings (SSSR count). The van der Waals surface area contributed by atoms with Crippen LogP contribution in [0.4, 0.5) is 5.69 Å². The summed E-state index contributed by atoms with van der Waals surface area (Å²) in [6.45, 7) is 2.01. The number of ether oxygens (including phenoxy) is 1. The highest BCUT2D eigenvalue weighted by Gasteiger charge is 2.11. The summed E-state index contributed by atoms with van der Waals surface area (Å²) < 4.78 is 4.80. The van der Waals surface area contributed by atoms with Gasteiger partial charge in [-0.05, 0) is 36.2 Å². The van der Waals surface area contributed by atoms with Crippen molar-refractivity contribution < 1.29 is 9.53 Å². The average molecular weight is 287 g/mol. The minimum atomic E-state index is -0.307. The van der Waals surface area contributed by atoms with Gasteiger partial charge in [0.05, 0.1) is 12.7 Å². The van der Waals surface area contributed by atoms with Gasteiger partial charge in [0, 0.05) is 16.3 Å². The van der Waals surface area contributed by atoms with Crippen molar-refractivity contribution in [3.8, 4) is 0 Å². The Morgan fingerprint density at radius 3 is 2.70 bits per heavy atom. The number of methoxy groups -OCH3 is 1. The van der Waals surface area contributed by atoms with E-state index >= 15 is 0 Å². The lowest BCUT2D eigenvalue weighted by atomic mass is 10.1. The van der Waals surface area contributed by atoms with Crippen molar-refractivity contribution in [3.05, 3.63) is 59.2 Å². The standard InChI is InChI=1S/C16H17NO2S/c1-11-7-8-15(14(17)9-11)20-10-12-5-3-4-6-13(12)16(18)19-2/h3-9H,10,17H2,1-2H3. The summed E-state index contributed by atoms with van der Waals surface area (Å²) in [7, 11) is 1.39. The fourth-order valence-electron chi connectivity index (χ4n) is 1.91. The summed E-state index contributed by atoms with van der Waals surface area (Å²) in [5.41, 5.74) is 9.46. The molecule has 0 bridgehead atoms. The Hall–Kier alpha value is -1.94. The number of nitrogens with two attached hydrogens (primary N) is 1. The van der Waals surface area contributed by atoms with Crippen molar-refractivity contribution in [2.24, 2.45) is 0 Å². The van der Waals surface area contributed by atoms with Gasteiger partial charge in [0.2, 0.25) is 0 Å². The molecule has 0 fully saturated rings. The van der Waals surface area contributed by atoms with Crippen LogP contribution in [0.15, 0.2) is 47.4 Å². The number of hydrogen-bond acceptors (Lipinski definition) is 4.